The van der Waals surface area contributed by atoms with E-state index in [1.807, 2.05) is 9.80 Å². The summed E-state index contributed by atoms with van der Waals surface area (Å²) >= 11 is 0. The van der Waals surface area contributed by atoms with Crippen LogP contribution >= 0.6 is 0 Å². The van der Waals surface area contributed by atoms with Gasteiger partial charge in [0.2, 0.25) is 5.91 Å². The lowest BCUT2D eigenvalue weighted by Gasteiger charge is -2.36. The van der Waals surface area contributed by atoms with Gasteiger partial charge >= 0.3 is 6.03 Å². The van der Waals surface area contributed by atoms with Crippen LogP contribution in [0.5, 0.6) is 0 Å². The molecule has 3 heterocycles. The normalized spacial score (nSPS) is 30.5. The molecule has 3 aliphatic heterocycles. The summed E-state index contributed by atoms with van der Waals surface area (Å²) in [6.45, 7) is 8.73. The molecule has 6 heteroatoms. The van der Waals surface area contributed by atoms with Crippen LogP contribution in [-0.2, 0) is 9.53 Å². The minimum absolute atomic E-state index is 0.00691. The van der Waals surface area contributed by atoms with E-state index in [4.69, 9.17) is 4.74 Å². The van der Waals surface area contributed by atoms with E-state index >= 15 is 0 Å². The van der Waals surface area contributed by atoms with Crippen molar-refractivity contribution in [2.24, 2.45) is 17.8 Å². The van der Waals surface area contributed by atoms with Crippen LogP contribution in [-0.4, -0.2) is 67.7 Å². The van der Waals surface area contributed by atoms with Crippen LogP contribution in [0.15, 0.2) is 12.7 Å². The van der Waals surface area contributed by atoms with Gasteiger partial charge in [-0.25, -0.2) is 4.79 Å². The zero-order valence-electron chi connectivity index (χ0n) is 14.4. The average molecular weight is 335 g/mol. The summed E-state index contributed by atoms with van der Waals surface area (Å²) in [7, 11) is 0. The summed E-state index contributed by atoms with van der Waals surface area (Å²) in [5, 5.41) is 3.03. The molecule has 3 amide bonds. The fourth-order valence-electron chi connectivity index (χ4n) is 4.32. The lowest BCUT2D eigenvalue weighted by Crippen LogP contribution is -2.49. The summed E-state index contributed by atoms with van der Waals surface area (Å²) < 4.78 is 5.64. The highest BCUT2D eigenvalue weighted by molar-refractivity contribution is 5.80. The lowest BCUT2D eigenvalue weighted by atomic mass is 9.75. The van der Waals surface area contributed by atoms with Gasteiger partial charge in [-0.2, -0.15) is 0 Å². The van der Waals surface area contributed by atoms with Crippen molar-refractivity contribution in [3.05, 3.63) is 12.7 Å². The van der Waals surface area contributed by atoms with Crippen molar-refractivity contribution < 1.29 is 14.3 Å². The number of rotatable bonds is 4. The molecule has 0 radical (unpaired) electrons. The summed E-state index contributed by atoms with van der Waals surface area (Å²) in [6.07, 6.45) is 5.61. The Kier molecular flexibility index (Phi) is 5.76. The number of amides is 3. The molecule has 3 rings (SSSR count). The van der Waals surface area contributed by atoms with Crippen molar-refractivity contribution in [1.29, 1.82) is 0 Å². The number of nitrogens with one attached hydrogen (secondary N) is 1. The summed E-state index contributed by atoms with van der Waals surface area (Å²) in [6, 6.07) is 0.158. The first-order valence-electron chi connectivity index (χ1n) is 9.21. The maximum absolute atomic E-state index is 12.6. The number of hydrogen-bond acceptors (Lipinski definition) is 3. The van der Waals surface area contributed by atoms with E-state index in [9.17, 15) is 9.59 Å². The first kappa shape index (κ1) is 17.3. The molecular formula is C18H29N3O3. The van der Waals surface area contributed by atoms with Crippen LogP contribution in [0.1, 0.15) is 25.7 Å². The number of hydrogen-bond donors (Lipinski definition) is 1. The molecule has 0 aromatic rings. The molecule has 0 aromatic carbocycles. The number of carbonyl (C=O) groups excluding carboxylic acids is 2. The first-order valence-corrected chi connectivity index (χ1v) is 9.21. The van der Waals surface area contributed by atoms with Gasteiger partial charge in [-0.15, -0.1) is 6.58 Å². The molecule has 0 aliphatic carbocycles. The molecule has 3 aliphatic rings. The third-order valence-electron chi connectivity index (χ3n) is 5.65. The Balaban J connectivity index is 1.62. The van der Waals surface area contributed by atoms with Crippen molar-refractivity contribution in [2.45, 2.75) is 25.7 Å². The minimum Gasteiger partial charge on any atom is -0.377 e. The molecule has 134 valence electrons. The molecule has 0 saturated carbocycles. The van der Waals surface area contributed by atoms with E-state index in [2.05, 4.69) is 11.9 Å². The Labute approximate surface area is 144 Å². The van der Waals surface area contributed by atoms with E-state index in [1.165, 1.54) is 0 Å². The minimum atomic E-state index is 0.00691. The molecule has 3 saturated heterocycles. The van der Waals surface area contributed by atoms with Gasteiger partial charge in [-0.3, -0.25) is 4.79 Å². The van der Waals surface area contributed by atoms with Gasteiger partial charge in [-0.1, -0.05) is 6.08 Å². The fourth-order valence-corrected chi connectivity index (χ4v) is 4.32. The van der Waals surface area contributed by atoms with Gasteiger partial charge in [0.25, 0.3) is 0 Å². The van der Waals surface area contributed by atoms with Gasteiger partial charge in [0.15, 0.2) is 0 Å². The van der Waals surface area contributed by atoms with Crippen LogP contribution in [0.4, 0.5) is 4.79 Å². The Morgan fingerprint density at radius 1 is 1.21 bits per heavy atom. The van der Waals surface area contributed by atoms with E-state index in [0.717, 1.165) is 45.3 Å². The number of urea groups is 1. The van der Waals surface area contributed by atoms with Gasteiger partial charge in [0, 0.05) is 44.6 Å². The predicted molar refractivity (Wildman–Crippen MR) is 91.5 cm³/mol. The monoisotopic (exact) mass is 335 g/mol. The molecule has 3 fully saturated rings. The molecular weight excluding hydrogens is 306 g/mol. The topological polar surface area (TPSA) is 61.9 Å². The van der Waals surface area contributed by atoms with E-state index in [1.54, 1.807) is 6.08 Å². The van der Waals surface area contributed by atoms with E-state index in [0.29, 0.717) is 38.1 Å². The Bertz CT molecular complexity index is 476. The maximum atomic E-state index is 12.6. The predicted octanol–water partition coefficient (Wildman–Crippen LogP) is 1.48. The van der Waals surface area contributed by atoms with Crippen molar-refractivity contribution >= 4 is 11.9 Å². The molecule has 0 aromatic heterocycles. The van der Waals surface area contributed by atoms with Crippen LogP contribution < -0.4 is 5.32 Å². The second kappa shape index (κ2) is 8.01. The SMILES string of the molecule is C=CCOC[C@@H]1CNC(=O)[C@H]2CCN(C(=O)N3CCCC3)CC[C@@H]12. The zero-order chi connectivity index (χ0) is 16.9. The number of likely N-dealkylation sites (tertiary alicyclic amines) is 2. The average Bonchev–Trinajstić information content (AvgIpc) is 3.03. The van der Waals surface area contributed by atoms with Gasteiger partial charge < -0.3 is 19.9 Å². The maximum Gasteiger partial charge on any atom is 0.319 e. The zero-order valence-corrected chi connectivity index (χ0v) is 14.4. The highest BCUT2D eigenvalue weighted by atomic mass is 16.5. The van der Waals surface area contributed by atoms with Crippen LogP contribution in [0.2, 0.25) is 0 Å². The standard InChI is InChI=1S/C18H29N3O3/c1-2-11-24-13-14-12-19-17(22)16-6-10-21(9-5-15(14)16)18(23)20-7-3-4-8-20/h2,14-16H,1,3-13H2,(H,19,22)/t14-,15-,16-/m0/s1. The molecule has 6 nitrogen and oxygen atoms in total. The molecule has 3 atom stereocenters. The highest BCUT2D eigenvalue weighted by Crippen LogP contribution is 2.34. The van der Waals surface area contributed by atoms with Crippen molar-refractivity contribution in [1.82, 2.24) is 15.1 Å². The largest absolute Gasteiger partial charge is 0.377 e. The van der Waals surface area contributed by atoms with Crippen LogP contribution in [0.3, 0.4) is 0 Å². The first-order chi connectivity index (χ1) is 11.7. The van der Waals surface area contributed by atoms with E-state index < -0.39 is 0 Å². The summed E-state index contributed by atoms with van der Waals surface area (Å²) in [4.78, 5) is 28.9. The van der Waals surface area contributed by atoms with Gasteiger partial charge in [0.1, 0.15) is 0 Å². The van der Waals surface area contributed by atoms with Crippen LogP contribution in [0, 0.1) is 17.8 Å². The number of ether oxygens (including phenoxy) is 1. The third-order valence-corrected chi connectivity index (χ3v) is 5.65. The number of piperidine rings is 1. The van der Waals surface area contributed by atoms with Gasteiger partial charge in [-0.05, 0) is 31.6 Å². The van der Waals surface area contributed by atoms with Crippen molar-refractivity contribution in [2.75, 3.05) is 45.9 Å². The quantitative estimate of drug-likeness (QED) is 0.625. The molecule has 24 heavy (non-hydrogen) atoms. The highest BCUT2D eigenvalue weighted by Gasteiger charge is 2.41. The van der Waals surface area contributed by atoms with Crippen molar-refractivity contribution in [3.8, 4) is 0 Å². The summed E-state index contributed by atoms with van der Waals surface area (Å²) in [5.41, 5.74) is 0. The van der Waals surface area contributed by atoms with Crippen LogP contribution in [0.25, 0.3) is 0 Å². The lowest BCUT2D eigenvalue weighted by molar-refractivity contribution is -0.131. The second-order valence-corrected chi connectivity index (χ2v) is 7.14. The fraction of sp³-hybridized carbons (Fsp3) is 0.778. The third kappa shape index (κ3) is 3.74. The van der Waals surface area contributed by atoms with Gasteiger partial charge in [0.05, 0.1) is 13.2 Å². The molecule has 0 bridgehead atoms. The number of nitrogens with zero attached hydrogens (tertiary/aromatic N) is 2. The number of fused-ring (bicyclic) bond motifs is 1. The van der Waals surface area contributed by atoms with E-state index in [-0.39, 0.29) is 17.9 Å². The Morgan fingerprint density at radius 2 is 1.92 bits per heavy atom. The Morgan fingerprint density at radius 3 is 2.67 bits per heavy atom. The summed E-state index contributed by atoms with van der Waals surface area (Å²) in [5.74, 6) is 0.789. The second-order valence-electron chi connectivity index (χ2n) is 7.14. The van der Waals surface area contributed by atoms with Crippen molar-refractivity contribution in [3.63, 3.8) is 0 Å². The number of carbonyl (C=O) groups is 2. The Hall–Kier alpha value is -1.56. The molecule has 0 spiro atoms. The smallest absolute Gasteiger partial charge is 0.319 e. The molecule has 1 N–H and O–H groups in total. The molecule has 0 unspecified atom stereocenters.